The highest BCUT2D eigenvalue weighted by atomic mass is 16.5. The Bertz CT molecular complexity index is 436. The minimum Gasteiger partial charge on any atom is -0.488 e. The first-order valence-corrected chi connectivity index (χ1v) is 5.70. The molecule has 0 aromatic heterocycles. The second-order valence-corrected chi connectivity index (χ2v) is 3.86. The molecular weight excluding hydrogens is 210 g/mol. The van der Waals surface area contributed by atoms with Crippen LogP contribution in [-0.4, -0.2) is 7.05 Å². The zero-order valence-electron chi connectivity index (χ0n) is 9.94. The fourth-order valence-corrected chi connectivity index (χ4v) is 1.59. The van der Waals surface area contributed by atoms with Gasteiger partial charge in [-0.1, -0.05) is 42.5 Å². The molecule has 0 amide bonds. The van der Waals surface area contributed by atoms with E-state index in [-0.39, 0.29) is 0 Å². The Hall–Kier alpha value is -1.80. The molecule has 2 heteroatoms. The van der Waals surface area contributed by atoms with Gasteiger partial charge in [0.15, 0.2) is 0 Å². The summed E-state index contributed by atoms with van der Waals surface area (Å²) in [4.78, 5) is 0. The van der Waals surface area contributed by atoms with Crippen LogP contribution in [0.4, 0.5) is 0 Å². The van der Waals surface area contributed by atoms with Gasteiger partial charge in [0.1, 0.15) is 12.4 Å². The Kier molecular flexibility index (Phi) is 4.17. The minimum atomic E-state index is 0.584. The maximum atomic E-state index is 5.62. The number of nitrogens with one attached hydrogen (secondary N) is 1. The molecule has 2 rings (SSSR count). The normalized spacial score (nSPS) is 10.2. The molecule has 87 valence electrons. The molecule has 0 aliphatic heterocycles. The van der Waals surface area contributed by atoms with E-state index >= 15 is 0 Å². The van der Waals surface area contributed by atoms with Gasteiger partial charge < -0.3 is 10.1 Å². The summed E-state index contributed by atoms with van der Waals surface area (Å²) in [6.45, 7) is 1.48. The third-order valence-electron chi connectivity index (χ3n) is 2.48. The van der Waals surface area contributed by atoms with Crippen molar-refractivity contribution in [3.63, 3.8) is 0 Å². The zero-order chi connectivity index (χ0) is 11.9. The number of benzene rings is 2. The molecule has 0 heterocycles. The molecule has 0 atom stereocenters. The molecule has 2 nitrogen and oxygen atoms in total. The number of ether oxygens (including phenoxy) is 1. The molecule has 0 bridgehead atoms. The third-order valence-corrected chi connectivity index (χ3v) is 2.48. The average Bonchev–Trinajstić information content (AvgIpc) is 2.40. The second-order valence-electron chi connectivity index (χ2n) is 3.86. The van der Waals surface area contributed by atoms with Crippen molar-refractivity contribution < 1.29 is 4.74 Å². The Morgan fingerprint density at radius 1 is 1.06 bits per heavy atom. The lowest BCUT2D eigenvalue weighted by Crippen LogP contribution is -2.05. The third kappa shape index (κ3) is 3.61. The summed E-state index contributed by atoms with van der Waals surface area (Å²) in [7, 11) is 1.95. The van der Waals surface area contributed by atoms with Gasteiger partial charge in [0.2, 0.25) is 0 Å². The Labute approximate surface area is 102 Å². The fraction of sp³-hybridized carbons (Fsp3) is 0.200. The van der Waals surface area contributed by atoms with E-state index < -0.39 is 0 Å². The summed E-state index contributed by atoms with van der Waals surface area (Å²) >= 11 is 0. The molecule has 0 aliphatic carbocycles. The predicted molar refractivity (Wildman–Crippen MR) is 68.8 cm³/mol. The smallest absolute Gasteiger partial charge is 0.127 e. The monoisotopic (exact) mass is 226 g/mol. The number of rotatable bonds is 5. The van der Waals surface area contributed by atoms with Crippen LogP contribution in [0.3, 0.4) is 0 Å². The Morgan fingerprint density at radius 3 is 2.47 bits per heavy atom. The van der Waals surface area contributed by atoms with Crippen molar-refractivity contribution in [1.82, 2.24) is 5.32 Å². The summed E-state index contributed by atoms with van der Waals surface area (Å²) in [6, 6.07) is 19.1. The van der Waals surface area contributed by atoms with E-state index in [1.165, 1.54) is 11.1 Å². The van der Waals surface area contributed by atoms with Crippen molar-refractivity contribution in [2.24, 2.45) is 0 Å². The molecule has 1 radical (unpaired) electrons. The largest absolute Gasteiger partial charge is 0.488 e. The van der Waals surface area contributed by atoms with Crippen molar-refractivity contribution in [2.75, 3.05) is 7.05 Å². The topological polar surface area (TPSA) is 21.3 Å². The molecule has 0 saturated heterocycles. The average molecular weight is 226 g/mol. The van der Waals surface area contributed by atoms with Gasteiger partial charge in [-0.25, -0.2) is 0 Å². The van der Waals surface area contributed by atoms with Crippen LogP contribution in [0.1, 0.15) is 11.1 Å². The van der Waals surface area contributed by atoms with Crippen LogP contribution in [-0.2, 0) is 13.2 Å². The van der Waals surface area contributed by atoms with Gasteiger partial charge in [-0.05, 0) is 24.2 Å². The first-order chi connectivity index (χ1) is 8.38. The van der Waals surface area contributed by atoms with E-state index in [2.05, 4.69) is 35.6 Å². The maximum Gasteiger partial charge on any atom is 0.127 e. The number of para-hydroxylation sites is 1. The van der Waals surface area contributed by atoms with E-state index in [1.807, 2.05) is 31.3 Å². The maximum absolute atomic E-state index is 5.62. The SMILES string of the molecule is CNCc1ccc(COc2[c]cccc2)cc1. The molecule has 17 heavy (non-hydrogen) atoms. The van der Waals surface area contributed by atoms with Crippen LogP contribution >= 0.6 is 0 Å². The van der Waals surface area contributed by atoms with Gasteiger partial charge in [0, 0.05) is 12.6 Å². The molecule has 0 saturated carbocycles. The predicted octanol–water partition coefficient (Wildman–Crippen LogP) is 2.79. The summed E-state index contributed by atoms with van der Waals surface area (Å²) in [5, 5.41) is 3.13. The highest BCUT2D eigenvalue weighted by Crippen LogP contribution is 2.11. The molecule has 2 aromatic rings. The molecule has 1 N–H and O–H groups in total. The summed E-state index contributed by atoms with van der Waals surface area (Å²) < 4.78 is 5.62. The van der Waals surface area contributed by atoms with Crippen molar-refractivity contribution in [1.29, 1.82) is 0 Å². The lowest BCUT2D eigenvalue weighted by Gasteiger charge is -2.06. The standard InChI is InChI=1S/C15H16NO/c1-16-11-13-7-9-14(10-8-13)12-17-15-5-3-2-4-6-15/h2-5,7-10,16H,11-12H2,1H3. The first-order valence-electron chi connectivity index (χ1n) is 5.70. The molecule has 0 spiro atoms. The molecule has 0 fully saturated rings. The Balaban J connectivity index is 1.91. The first kappa shape index (κ1) is 11.7. The van der Waals surface area contributed by atoms with Crippen molar-refractivity contribution >= 4 is 0 Å². The van der Waals surface area contributed by atoms with Gasteiger partial charge in [0.25, 0.3) is 0 Å². The van der Waals surface area contributed by atoms with Crippen LogP contribution in [0.2, 0.25) is 0 Å². The van der Waals surface area contributed by atoms with Gasteiger partial charge in [-0.2, -0.15) is 0 Å². The summed E-state index contributed by atoms with van der Waals surface area (Å²) in [6.07, 6.45) is 0. The van der Waals surface area contributed by atoms with Gasteiger partial charge in [-0.15, -0.1) is 0 Å². The van der Waals surface area contributed by atoms with Crippen LogP contribution in [0.25, 0.3) is 0 Å². The number of hydrogen-bond acceptors (Lipinski definition) is 2. The fourth-order valence-electron chi connectivity index (χ4n) is 1.59. The molecule has 0 unspecified atom stereocenters. The van der Waals surface area contributed by atoms with E-state index in [0.717, 1.165) is 12.3 Å². The van der Waals surface area contributed by atoms with Crippen LogP contribution in [0, 0.1) is 6.07 Å². The van der Waals surface area contributed by atoms with Gasteiger partial charge in [0.05, 0.1) is 0 Å². The van der Waals surface area contributed by atoms with Crippen molar-refractivity contribution in [3.05, 3.63) is 65.7 Å². The van der Waals surface area contributed by atoms with E-state index in [1.54, 1.807) is 0 Å². The van der Waals surface area contributed by atoms with Crippen LogP contribution < -0.4 is 10.1 Å². The Morgan fingerprint density at radius 2 is 1.82 bits per heavy atom. The molecule has 2 aromatic carbocycles. The second kappa shape index (κ2) is 6.06. The highest BCUT2D eigenvalue weighted by Gasteiger charge is 1.96. The summed E-state index contributed by atoms with van der Waals surface area (Å²) in [5.41, 5.74) is 2.45. The quantitative estimate of drug-likeness (QED) is 0.846. The van der Waals surface area contributed by atoms with Crippen molar-refractivity contribution in [3.8, 4) is 5.75 Å². The van der Waals surface area contributed by atoms with Crippen molar-refractivity contribution in [2.45, 2.75) is 13.2 Å². The summed E-state index contributed by atoms with van der Waals surface area (Å²) in [5.74, 6) is 0.784. The van der Waals surface area contributed by atoms with E-state index in [4.69, 9.17) is 4.74 Å². The van der Waals surface area contributed by atoms with E-state index in [0.29, 0.717) is 6.61 Å². The zero-order valence-corrected chi connectivity index (χ0v) is 9.94. The molecule has 0 aliphatic rings. The number of hydrogen-bond donors (Lipinski definition) is 1. The lowest BCUT2D eigenvalue weighted by molar-refractivity contribution is 0.305. The minimum absolute atomic E-state index is 0.584. The molecular formula is C15H16NO. The van der Waals surface area contributed by atoms with Gasteiger partial charge in [-0.3, -0.25) is 0 Å². The van der Waals surface area contributed by atoms with Crippen LogP contribution in [0.5, 0.6) is 5.75 Å². The van der Waals surface area contributed by atoms with Crippen LogP contribution in [0.15, 0.2) is 48.5 Å². The lowest BCUT2D eigenvalue weighted by atomic mass is 10.1. The van der Waals surface area contributed by atoms with E-state index in [9.17, 15) is 0 Å². The van der Waals surface area contributed by atoms with Gasteiger partial charge >= 0.3 is 0 Å². The highest BCUT2D eigenvalue weighted by molar-refractivity contribution is 5.24.